The van der Waals surface area contributed by atoms with Gasteiger partial charge >= 0.3 is 5.97 Å². The summed E-state index contributed by atoms with van der Waals surface area (Å²) in [5.74, 6) is -0.660. The zero-order valence-electron chi connectivity index (χ0n) is 17.3. The lowest BCUT2D eigenvalue weighted by Gasteiger charge is -2.37. The van der Waals surface area contributed by atoms with Gasteiger partial charge in [0.05, 0.1) is 23.2 Å². The Hall–Kier alpha value is -2.91. The molecule has 0 unspecified atom stereocenters. The van der Waals surface area contributed by atoms with Crippen LogP contribution in [0.2, 0.25) is 0 Å². The predicted molar refractivity (Wildman–Crippen MR) is 118 cm³/mol. The number of halogens is 1. The van der Waals surface area contributed by atoms with E-state index in [2.05, 4.69) is 20.3 Å². The van der Waals surface area contributed by atoms with Crippen LogP contribution in [0.5, 0.6) is 0 Å². The quantitative estimate of drug-likeness (QED) is 0.588. The van der Waals surface area contributed by atoms with Gasteiger partial charge < -0.3 is 25.0 Å². The first-order chi connectivity index (χ1) is 14.9. The van der Waals surface area contributed by atoms with Gasteiger partial charge in [-0.05, 0) is 30.5 Å². The normalized spacial score (nSPS) is 21.5. The van der Waals surface area contributed by atoms with Gasteiger partial charge in [-0.25, -0.2) is 14.8 Å². The smallest absolute Gasteiger partial charge is 0.337 e. The minimum atomic E-state index is -1.02. The molecule has 1 saturated heterocycles. The Balaban J connectivity index is 1.45. The SMILES string of the molecule is CCC1=C(Cl)N=C(C(=O)N[C@@H]2CCN(c3nc4c(C(=O)O)cccc4[nH]3)C[C@@H]2OC)C1. The number of ether oxygens (including phenoxy) is 1. The number of fused-ring (bicyclic) bond motifs is 1. The number of para-hydroxylation sites is 1. The topological polar surface area (TPSA) is 120 Å². The standard InChI is InChI=1S/C21H24ClN5O4/c1-3-11-9-15(23-18(11)22)19(28)24-13-7-8-27(10-16(13)31-2)21-25-14-6-4-5-12(20(29)30)17(14)26-21/h4-6,13,16H,3,7-10H2,1-2H3,(H,24,28)(H,25,26)(H,29,30)/t13-,16+/m1/s1. The molecule has 4 rings (SSSR count). The molecular formula is C21H24ClN5O4. The summed E-state index contributed by atoms with van der Waals surface area (Å²) >= 11 is 6.10. The van der Waals surface area contributed by atoms with Crippen molar-refractivity contribution in [2.24, 2.45) is 4.99 Å². The number of aromatic carboxylic acids is 1. The molecule has 31 heavy (non-hydrogen) atoms. The van der Waals surface area contributed by atoms with E-state index in [9.17, 15) is 14.7 Å². The van der Waals surface area contributed by atoms with Crippen LogP contribution in [0.1, 0.15) is 36.5 Å². The number of benzene rings is 1. The lowest BCUT2D eigenvalue weighted by atomic mass is 10.0. The molecule has 0 radical (unpaired) electrons. The number of aromatic amines is 1. The second kappa shape index (κ2) is 8.68. The maximum atomic E-state index is 12.7. The van der Waals surface area contributed by atoms with Crippen LogP contribution in [-0.2, 0) is 9.53 Å². The second-order valence-electron chi connectivity index (χ2n) is 7.64. The van der Waals surface area contributed by atoms with Crippen molar-refractivity contribution in [2.45, 2.75) is 38.3 Å². The fraction of sp³-hybridized carbons (Fsp3) is 0.429. The Morgan fingerprint density at radius 3 is 2.90 bits per heavy atom. The average molecular weight is 446 g/mol. The first-order valence-electron chi connectivity index (χ1n) is 10.2. The van der Waals surface area contributed by atoms with Crippen LogP contribution in [0.15, 0.2) is 33.9 Å². The molecular weight excluding hydrogens is 422 g/mol. The number of carboxylic acids is 1. The zero-order valence-corrected chi connectivity index (χ0v) is 18.1. The van der Waals surface area contributed by atoms with Crippen molar-refractivity contribution < 1.29 is 19.4 Å². The Bertz CT molecular complexity index is 1090. The van der Waals surface area contributed by atoms with Crippen LogP contribution in [0.25, 0.3) is 11.0 Å². The van der Waals surface area contributed by atoms with E-state index in [0.29, 0.717) is 53.8 Å². The highest BCUT2D eigenvalue weighted by molar-refractivity contribution is 6.43. The fourth-order valence-corrected chi connectivity index (χ4v) is 4.32. The van der Waals surface area contributed by atoms with Crippen molar-refractivity contribution in [3.05, 3.63) is 34.5 Å². The van der Waals surface area contributed by atoms with Crippen molar-refractivity contribution in [1.82, 2.24) is 15.3 Å². The molecule has 1 amide bonds. The number of carbonyl (C=O) groups is 2. The third-order valence-corrected chi connectivity index (χ3v) is 6.15. The number of hydrogen-bond acceptors (Lipinski definition) is 6. The van der Waals surface area contributed by atoms with Gasteiger partial charge in [-0.15, -0.1) is 0 Å². The molecule has 0 saturated carbocycles. The first-order valence-corrected chi connectivity index (χ1v) is 10.5. The van der Waals surface area contributed by atoms with Crippen LogP contribution in [0.4, 0.5) is 5.95 Å². The molecule has 0 aliphatic carbocycles. The number of aromatic nitrogens is 2. The summed E-state index contributed by atoms with van der Waals surface area (Å²) in [6.45, 7) is 3.11. The minimum absolute atomic E-state index is 0.154. The van der Waals surface area contributed by atoms with Crippen molar-refractivity contribution >= 4 is 46.2 Å². The number of imidazole rings is 1. The average Bonchev–Trinajstić information content (AvgIpc) is 3.36. The molecule has 1 aromatic carbocycles. The van der Waals surface area contributed by atoms with E-state index in [1.54, 1.807) is 19.2 Å². The molecule has 10 heteroatoms. The molecule has 3 N–H and O–H groups in total. The number of aliphatic imine (C=N–C) groups is 1. The highest BCUT2D eigenvalue weighted by Gasteiger charge is 2.33. The molecule has 0 bridgehead atoms. The minimum Gasteiger partial charge on any atom is -0.478 e. The maximum Gasteiger partial charge on any atom is 0.337 e. The predicted octanol–water partition coefficient (Wildman–Crippen LogP) is 2.68. The van der Waals surface area contributed by atoms with E-state index in [1.165, 1.54) is 6.07 Å². The van der Waals surface area contributed by atoms with Crippen molar-refractivity contribution in [2.75, 3.05) is 25.1 Å². The molecule has 1 aromatic heterocycles. The van der Waals surface area contributed by atoms with Crippen molar-refractivity contribution in [1.29, 1.82) is 0 Å². The Morgan fingerprint density at radius 1 is 1.42 bits per heavy atom. The summed E-state index contributed by atoms with van der Waals surface area (Å²) in [4.78, 5) is 38.1. The van der Waals surface area contributed by atoms with E-state index >= 15 is 0 Å². The fourth-order valence-electron chi connectivity index (χ4n) is 4.02. The van der Waals surface area contributed by atoms with Gasteiger partial charge in [-0.3, -0.25) is 4.79 Å². The number of hydrogen-bond donors (Lipinski definition) is 3. The lowest BCUT2D eigenvalue weighted by molar-refractivity contribution is -0.116. The lowest BCUT2D eigenvalue weighted by Crippen LogP contribution is -2.56. The maximum absolute atomic E-state index is 12.7. The number of carbonyl (C=O) groups excluding carboxylic acids is 1. The van der Waals surface area contributed by atoms with Crippen LogP contribution < -0.4 is 10.2 Å². The molecule has 164 valence electrons. The number of H-pyrrole nitrogens is 1. The summed E-state index contributed by atoms with van der Waals surface area (Å²) in [6, 6.07) is 4.83. The van der Waals surface area contributed by atoms with Gasteiger partial charge in [0.2, 0.25) is 5.95 Å². The summed E-state index contributed by atoms with van der Waals surface area (Å²) < 4.78 is 5.65. The van der Waals surface area contributed by atoms with Gasteiger partial charge in [-0.2, -0.15) is 0 Å². The highest BCUT2D eigenvalue weighted by Crippen LogP contribution is 2.27. The van der Waals surface area contributed by atoms with E-state index in [1.807, 2.05) is 11.8 Å². The zero-order chi connectivity index (χ0) is 22.1. The number of rotatable bonds is 6. The summed E-state index contributed by atoms with van der Waals surface area (Å²) in [5.41, 5.74) is 2.63. The van der Waals surface area contributed by atoms with E-state index < -0.39 is 5.97 Å². The third-order valence-electron chi connectivity index (χ3n) is 5.80. The van der Waals surface area contributed by atoms with Gasteiger partial charge in [0.15, 0.2) is 0 Å². The summed E-state index contributed by atoms with van der Waals surface area (Å²) in [5, 5.41) is 12.8. The molecule has 2 atom stereocenters. The number of amides is 1. The number of anilines is 1. The van der Waals surface area contributed by atoms with Crippen LogP contribution >= 0.6 is 11.6 Å². The largest absolute Gasteiger partial charge is 0.478 e. The monoisotopic (exact) mass is 445 g/mol. The third kappa shape index (κ3) is 4.15. The molecule has 2 aromatic rings. The first kappa shape index (κ1) is 21.3. The molecule has 2 aliphatic rings. The van der Waals surface area contributed by atoms with Gasteiger partial charge in [0.25, 0.3) is 5.91 Å². The molecule has 2 aliphatic heterocycles. The van der Waals surface area contributed by atoms with E-state index in [-0.39, 0.29) is 23.6 Å². The number of nitrogens with zero attached hydrogens (tertiary/aromatic N) is 3. The highest BCUT2D eigenvalue weighted by atomic mass is 35.5. The van der Waals surface area contributed by atoms with Crippen molar-refractivity contribution in [3.63, 3.8) is 0 Å². The molecule has 9 nitrogen and oxygen atoms in total. The molecule has 0 spiro atoms. The van der Waals surface area contributed by atoms with Crippen LogP contribution in [0.3, 0.4) is 0 Å². The van der Waals surface area contributed by atoms with Gasteiger partial charge in [-0.1, -0.05) is 24.6 Å². The van der Waals surface area contributed by atoms with Gasteiger partial charge in [0, 0.05) is 26.6 Å². The number of allylic oxidation sites excluding steroid dienone is 1. The number of piperidine rings is 1. The van der Waals surface area contributed by atoms with Gasteiger partial charge in [0.1, 0.15) is 16.4 Å². The van der Waals surface area contributed by atoms with E-state index in [4.69, 9.17) is 16.3 Å². The Morgan fingerprint density at radius 2 is 2.23 bits per heavy atom. The van der Waals surface area contributed by atoms with E-state index in [0.717, 1.165) is 12.0 Å². The molecule has 3 heterocycles. The second-order valence-corrected chi connectivity index (χ2v) is 8.00. The summed E-state index contributed by atoms with van der Waals surface area (Å²) in [7, 11) is 1.61. The number of carboxylic acid groups (broad SMARTS) is 1. The number of nitrogens with one attached hydrogen (secondary N) is 2. The van der Waals surface area contributed by atoms with Crippen molar-refractivity contribution in [3.8, 4) is 0 Å². The van der Waals surface area contributed by atoms with Crippen LogP contribution in [-0.4, -0.2) is 65.0 Å². The summed E-state index contributed by atoms with van der Waals surface area (Å²) in [6.07, 6.45) is 1.62. The van der Waals surface area contributed by atoms with Crippen LogP contribution in [0, 0.1) is 0 Å². The number of methoxy groups -OCH3 is 1. The molecule has 1 fully saturated rings. The Labute approximate surface area is 184 Å². The Kier molecular flexibility index (Phi) is 5.97.